The Morgan fingerprint density at radius 2 is 2.33 bits per heavy atom. The summed E-state index contributed by atoms with van der Waals surface area (Å²) >= 11 is 0. The van der Waals surface area contributed by atoms with Crippen LogP contribution in [0.2, 0.25) is 0 Å². The van der Waals surface area contributed by atoms with Crippen molar-refractivity contribution in [2.24, 2.45) is 4.99 Å². The van der Waals surface area contributed by atoms with E-state index in [0.29, 0.717) is 0 Å². The van der Waals surface area contributed by atoms with Crippen LogP contribution in [0.3, 0.4) is 0 Å². The van der Waals surface area contributed by atoms with Crippen molar-refractivity contribution in [3.63, 3.8) is 0 Å². The number of hydrogen-bond donors (Lipinski definition) is 0. The molecule has 0 aromatic rings. The molecule has 1 saturated carbocycles. The maximum Gasteiger partial charge on any atom is 0.0855 e. The van der Waals surface area contributed by atoms with Gasteiger partial charge in [-0.1, -0.05) is 6.58 Å². The van der Waals surface area contributed by atoms with Gasteiger partial charge < -0.3 is 0 Å². The highest BCUT2D eigenvalue weighted by Gasteiger charge is 2.49. The highest BCUT2D eigenvalue weighted by molar-refractivity contribution is 5.85. The fourth-order valence-corrected chi connectivity index (χ4v) is 1.56. The van der Waals surface area contributed by atoms with E-state index in [0.717, 1.165) is 6.42 Å². The fraction of sp³-hybridized carbons (Fsp3) is 0.625. The molecule has 2 aliphatic rings. The first-order valence-corrected chi connectivity index (χ1v) is 3.46. The Labute approximate surface area is 55.5 Å². The number of hydrogen-bond acceptors (Lipinski definition) is 1. The molecule has 9 heavy (non-hydrogen) atoms. The number of nitrogens with zero attached hydrogens (tertiary/aromatic N) is 1. The van der Waals surface area contributed by atoms with Crippen LogP contribution < -0.4 is 0 Å². The topological polar surface area (TPSA) is 12.4 Å². The van der Waals surface area contributed by atoms with Gasteiger partial charge in [0.1, 0.15) is 0 Å². The standard InChI is InChI=1S/C8H11N/c1-6-5-8(6)4-3-7(2)9-8/h1,3-5H2,2H3. The molecule has 1 fully saturated rings. The van der Waals surface area contributed by atoms with Gasteiger partial charge in [-0.2, -0.15) is 0 Å². The van der Waals surface area contributed by atoms with Crippen molar-refractivity contribution in [1.29, 1.82) is 0 Å². The van der Waals surface area contributed by atoms with Gasteiger partial charge in [-0.15, -0.1) is 0 Å². The average Bonchev–Trinajstić information content (AvgIpc) is 2.17. The summed E-state index contributed by atoms with van der Waals surface area (Å²) in [5.74, 6) is 0. The van der Waals surface area contributed by atoms with Gasteiger partial charge in [-0.25, -0.2) is 0 Å². The van der Waals surface area contributed by atoms with Crippen LogP contribution in [0, 0.1) is 0 Å². The first-order valence-electron chi connectivity index (χ1n) is 3.46. The molecule has 1 unspecified atom stereocenters. The molecule has 1 heteroatoms. The molecule has 0 radical (unpaired) electrons. The highest BCUT2D eigenvalue weighted by atomic mass is 15.0. The van der Waals surface area contributed by atoms with Gasteiger partial charge in [0.05, 0.1) is 5.54 Å². The van der Waals surface area contributed by atoms with E-state index in [-0.39, 0.29) is 5.54 Å². The third-order valence-corrected chi connectivity index (χ3v) is 2.34. The quantitative estimate of drug-likeness (QED) is 0.434. The molecule has 1 aliphatic heterocycles. The minimum atomic E-state index is 0.268. The van der Waals surface area contributed by atoms with E-state index in [4.69, 9.17) is 0 Å². The van der Waals surface area contributed by atoms with Crippen LogP contribution in [0.25, 0.3) is 0 Å². The molecule has 1 atom stereocenters. The van der Waals surface area contributed by atoms with E-state index >= 15 is 0 Å². The maximum atomic E-state index is 4.53. The van der Waals surface area contributed by atoms with Gasteiger partial charge in [0, 0.05) is 5.71 Å². The normalized spacial score (nSPS) is 39.7. The maximum absolute atomic E-state index is 4.53. The van der Waals surface area contributed by atoms with Crippen molar-refractivity contribution in [2.75, 3.05) is 0 Å². The van der Waals surface area contributed by atoms with Gasteiger partial charge in [0.15, 0.2) is 0 Å². The molecule has 0 N–H and O–H groups in total. The zero-order chi connectivity index (χ0) is 6.48. The Balaban J connectivity index is 2.28. The summed E-state index contributed by atoms with van der Waals surface area (Å²) in [5.41, 5.74) is 2.93. The summed E-state index contributed by atoms with van der Waals surface area (Å²) in [4.78, 5) is 4.53. The lowest BCUT2D eigenvalue weighted by molar-refractivity contribution is 0.701. The smallest absolute Gasteiger partial charge is 0.0855 e. The van der Waals surface area contributed by atoms with Gasteiger partial charge in [0.2, 0.25) is 0 Å². The van der Waals surface area contributed by atoms with Crippen LogP contribution in [0.1, 0.15) is 26.2 Å². The molecular weight excluding hydrogens is 110 g/mol. The summed E-state index contributed by atoms with van der Waals surface area (Å²) in [6.45, 7) is 6.04. The molecule has 1 aliphatic carbocycles. The molecule has 2 rings (SSSR count). The number of rotatable bonds is 0. The third-order valence-electron chi connectivity index (χ3n) is 2.34. The second-order valence-corrected chi connectivity index (χ2v) is 3.16. The largest absolute Gasteiger partial charge is 0.283 e. The van der Waals surface area contributed by atoms with Crippen LogP contribution in [0.15, 0.2) is 17.1 Å². The Hall–Kier alpha value is -0.590. The summed E-state index contributed by atoms with van der Waals surface area (Å²) in [6.07, 6.45) is 3.58. The molecule has 0 aromatic carbocycles. The van der Waals surface area contributed by atoms with Crippen LogP contribution in [0.4, 0.5) is 0 Å². The van der Waals surface area contributed by atoms with Crippen molar-refractivity contribution in [1.82, 2.24) is 0 Å². The third kappa shape index (κ3) is 0.576. The van der Waals surface area contributed by atoms with E-state index in [1.54, 1.807) is 0 Å². The Morgan fingerprint density at radius 3 is 2.56 bits per heavy atom. The molecular formula is C8H11N. The van der Waals surface area contributed by atoms with E-state index in [9.17, 15) is 0 Å². The minimum Gasteiger partial charge on any atom is -0.283 e. The minimum absolute atomic E-state index is 0.268. The van der Waals surface area contributed by atoms with E-state index in [1.807, 2.05) is 0 Å². The molecule has 0 saturated heterocycles. The van der Waals surface area contributed by atoms with Gasteiger partial charge in [0.25, 0.3) is 0 Å². The summed E-state index contributed by atoms with van der Waals surface area (Å²) < 4.78 is 0. The lowest BCUT2D eigenvalue weighted by atomic mass is 10.1. The predicted octanol–water partition coefficient (Wildman–Crippen LogP) is 1.94. The predicted molar refractivity (Wildman–Crippen MR) is 38.8 cm³/mol. The van der Waals surface area contributed by atoms with Crippen LogP contribution in [0.5, 0.6) is 0 Å². The highest BCUT2D eigenvalue weighted by Crippen LogP contribution is 2.51. The second-order valence-electron chi connectivity index (χ2n) is 3.16. The zero-order valence-corrected chi connectivity index (χ0v) is 5.78. The number of aliphatic imine (C=N–C) groups is 1. The van der Waals surface area contributed by atoms with Gasteiger partial charge in [-0.3, -0.25) is 4.99 Å². The average molecular weight is 121 g/mol. The van der Waals surface area contributed by atoms with Crippen molar-refractivity contribution in [3.05, 3.63) is 12.2 Å². The first kappa shape index (κ1) is 5.21. The molecule has 0 bridgehead atoms. The van der Waals surface area contributed by atoms with Crippen molar-refractivity contribution < 1.29 is 0 Å². The van der Waals surface area contributed by atoms with Gasteiger partial charge >= 0.3 is 0 Å². The van der Waals surface area contributed by atoms with Crippen LogP contribution in [-0.2, 0) is 0 Å². The van der Waals surface area contributed by atoms with E-state index in [2.05, 4.69) is 18.5 Å². The molecule has 48 valence electrons. The Kier molecular flexibility index (Phi) is 0.743. The van der Waals surface area contributed by atoms with E-state index < -0.39 is 0 Å². The molecule has 1 spiro atoms. The van der Waals surface area contributed by atoms with Crippen molar-refractivity contribution in [2.45, 2.75) is 31.7 Å². The van der Waals surface area contributed by atoms with Crippen LogP contribution >= 0.6 is 0 Å². The fourth-order valence-electron chi connectivity index (χ4n) is 1.56. The zero-order valence-electron chi connectivity index (χ0n) is 5.78. The van der Waals surface area contributed by atoms with Crippen LogP contribution in [-0.4, -0.2) is 11.3 Å². The molecule has 1 nitrogen and oxygen atoms in total. The van der Waals surface area contributed by atoms with Gasteiger partial charge in [-0.05, 0) is 31.8 Å². The first-order chi connectivity index (χ1) is 4.23. The Bertz CT molecular complexity index is 203. The molecule has 0 amide bonds. The van der Waals surface area contributed by atoms with E-state index in [1.165, 1.54) is 24.1 Å². The SMILES string of the molecule is C=C1CC12CCC(C)=N2. The second kappa shape index (κ2) is 1.28. The van der Waals surface area contributed by atoms with Crippen molar-refractivity contribution >= 4 is 5.71 Å². The monoisotopic (exact) mass is 121 g/mol. The Morgan fingerprint density at radius 1 is 1.67 bits per heavy atom. The summed E-state index contributed by atoms with van der Waals surface area (Å²) in [5, 5.41) is 0. The lowest BCUT2D eigenvalue weighted by Gasteiger charge is -1.95. The van der Waals surface area contributed by atoms with Crippen molar-refractivity contribution in [3.8, 4) is 0 Å². The molecule has 1 heterocycles. The summed E-state index contributed by atoms with van der Waals surface area (Å²) in [7, 11) is 0. The molecule has 0 aromatic heterocycles. The lowest BCUT2D eigenvalue weighted by Crippen LogP contribution is -1.96. The summed E-state index contributed by atoms with van der Waals surface area (Å²) in [6, 6.07) is 0.